The number of piperazine rings is 1. The number of hydrogen-bond acceptors (Lipinski definition) is 8. The van der Waals surface area contributed by atoms with Gasteiger partial charge in [-0.15, -0.1) is 0 Å². The van der Waals surface area contributed by atoms with Gasteiger partial charge in [-0.1, -0.05) is 6.58 Å². The van der Waals surface area contributed by atoms with Crippen LogP contribution in [0.3, 0.4) is 0 Å². The first-order valence-electron chi connectivity index (χ1n) is 11.7. The SMILES string of the molecule is C=CC(=O)N1CC(F)C(Nc2nc(Nc3ccc(N4CCN(C)CC4)cc3)c3ncn(C)c3n2)C1. The number of likely N-dealkylation sites (N-methyl/N-ethyl adjacent to an activating group) is 1. The zero-order valence-electron chi connectivity index (χ0n) is 20.0. The summed E-state index contributed by atoms with van der Waals surface area (Å²) in [4.78, 5) is 31.6. The summed E-state index contributed by atoms with van der Waals surface area (Å²) < 4.78 is 16.4. The molecule has 0 radical (unpaired) electrons. The molecule has 0 bridgehead atoms. The Morgan fingerprint density at radius 3 is 2.57 bits per heavy atom. The van der Waals surface area contributed by atoms with E-state index in [0.29, 0.717) is 17.0 Å². The Balaban J connectivity index is 1.35. The van der Waals surface area contributed by atoms with Crippen LogP contribution in [0.4, 0.5) is 27.5 Å². The number of halogens is 1. The minimum absolute atomic E-state index is 0.0151. The molecule has 35 heavy (non-hydrogen) atoms. The summed E-state index contributed by atoms with van der Waals surface area (Å²) in [5, 5.41) is 6.42. The lowest BCUT2D eigenvalue weighted by Crippen LogP contribution is -2.44. The maximum atomic E-state index is 14.6. The second kappa shape index (κ2) is 9.49. The van der Waals surface area contributed by atoms with Gasteiger partial charge in [0.05, 0.1) is 18.9 Å². The molecule has 2 N–H and O–H groups in total. The van der Waals surface area contributed by atoms with Crippen molar-refractivity contribution in [1.29, 1.82) is 0 Å². The number of carbonyl (C=O) groups is 1. The Kier molecular flexibility index (Phi) is 6.25. The molecule has 2 fully saturated rings. The molecule has 10 nitrogen and oxygen atoms in total. The van der Waals surface area contributed by atoms with Crippen molar-refractivity contribution >= 4 is 40.2 Å². The van der Waals surface area contributed by atoms with E-state index in [4.69, 9.17) is 0 Å². The average Bonchev–Trinajstić information content (AvgIpc) is 3.42. The number of fused-ring (bicyclic) bond motifs is 1. The van der Waals surface area contributed by atoms with Gasteiger partial charge < -0.3 is 29.9 Å². The number of alkyl halides is 1. The molecule has 184 valence electrons. The summed E-state index contributed by atoms with van der Waals surface area (Å²) in [5.41, 5.74) is 3.29. The Hall–Kier alpha value is -3.73. The molecule has 11 heteroatoms. The second-order valence-corrected chi connectivity index (χ2v) is 9.10. The van der Waals surface area contributed by atoms with Crippen molar-refractivity contribution < 1.29 is 9.18 Å². The van der Waals surface area contributed by atoms with E-state index in [1.165, 1.54) is 16.7 Å². The number of benzene rings is 1. The standard InChI is InChI=1S/C24H30FN9O/c1-4-20(35)34-13-18(25)19(14-34)28-24-29-22(21-23(30-24)32(3)15-26-21)27-16-5-7-17(8-6-16)33-11-9-31(2)10-12-33/h4-8,15,18-19H,1,9-14H2,2-3H3,(H2,27,28,29,30). The van der Waals surface area contributed by atoms with Crippen LogP contribution >= 0.6 is 0 Å². The van der Waals surface area contributed by atoms with Crippen LogP contribution < -0.4 is 15.5 Å². The van der Waals surface area contributed by atoms with Crippen molar-refractivity contribution in [2.24, 2.45) is 7.05 Å². The van der Waals surface area contributed by atoms with E-state index >= 15 is 0 Å². The van der Waals surface area contributed by atoms with Crippen LogP contribution in [0.25, 0.3) is 11.2 Å². The minimum atomic E-state index is -1.23. The van der Waals surface area contributed by atoms with Gasteiger partial charge in [-0.25, -0.2) is 9.37 Å². The number of anilines is 4. The molecule has 0 aliphatic carbocycles. The van der Waals surface area contributed by atoms with E-state index in [1.54, 1.807) is 10.9 Å². The van der Waals surface area contributed by atoms with Gasteiger partial charge in [-0.3, -0.25) is 4.79 Å². The number of amides is 1. The number of nitrogens with zero attached hydrogens (tertiary/aromatic N) is 7. The smallest absolute Gasteiger partial charge is 0.246 e. The fourth-order valence-electron chi connectivity index (χ4n) is 4.49. The van der Waals surface area contributed by atoms with Crippen molar-refractivity contribution in [2.45, 2.75) is 12.2 Å². The van der Waals surface area contributed by atoms with Gasteiger partial charge in [0.15, 0.2) is 17.0 Å². The zero-order valence-corrected chi connectivity index (χ0v) is 20.0. The average molecular weight is 480 g/mol. The maximum Gasteiger partial charge on any atom is 0.246 e. The first kappa shape index (κ1) is 23.0. The first-order valence-corrected chi connectivity index (χ1v) is 11.7. The fourth-order valence-corrected chi connectivity index (χ4v) is 4.49. The monoisotopic (exact) mass is 479 g/mol. The van der Waals surface area contributed by atoms with Crippen LogP contribution in [0.15, 0.2) is 43.2 Å². The predicted octanol–water partition coefficient (Wildman–Crippen LogP) is 2.01. The Morgan fingerprint density at radius 2 is 1.86 bits per heavy atom. The summed E-state index contributed by atoms with van der Waals surface area (Å²) in [6.45, 7) is 7.83. The Labute approximate surface area is 203 Å². The molecular formula is C24H30FN9O. The van der Waals surface area contributed by atoms with Gasteiger partial charge in [-0.05, 0) is 37.4 Å². The predicted molar refractivity (Wildman–Crippen MR) is 135 cm³/mol. The van der Waals surface area contributed by atoms with E-state index in [0.717, 1.165) is 31.9 Å². The number of imidazole rings is 1. The van der Waals surface area contributed by atoms with Crippen molar-refractivity contribution in [1.82, 2.24) is 29.3 Å². The number of likely N-dealkylation sites (tertiary alicyclic amines) is 1. The molecule has 2 aliphatic rings. The molecule has 2 atom stereocenters. The number of rotatable bonds is 6. The number of hydrogen-bond donors (Lipinski definition) is 2. The largest absolute Gasteiger partial charge is 0.369 e. The zero-order chi connectivity index (χ0) is 24.5. The van der Waals surface area contributed by atoms with E-state index < -0.39 is 12.2 Å². The molecular weight excluding hydrogens is 449 g/mol. The summed E-state index contributed by atoms with van der Waals surface area (Å²) in [6.07, 6.45) is 1.64. The lowest BCUT2D eigenvalue weighted by Gasteiger charge is -2.34. The van der Waals surface area contributed by atoms with Gasteiger partial charge in [0, 0.05) is 51.1 Å². The third-order valence-electron chi connectivity index (χ3n) is 6.61. The van der Waals surface area contributed by atoms with Crippen LogP contribution in [0.2, 0.25) is 0 Å². The molecule has 4 heterocycles. The van der Waals surface area contributed by atoms with E-state index in [2.05, 4.69) is 61.1 Å². The molecule has 3 aromatic rings. The lowest BCUT2D eigenvalue weighted by molar-refractivity contribution is -0.125. The highest BCUT2D eigenvalue weighted by Gasteiger charge is 2.35. The number of aromatic nitrogens is 4. The van der Waals surface area contributed by atoms with Crippen LogP contribution in [-0.4, -0.2) is 93.8 Å². The van der Waals surface area contributed by atoms with Gasteiger partial charge in [0.25, 0.3) is 0 Å². The molecule has 2 aromatic heterocycles. The van der Waals surface area contributed by atoms with Gasteiger partial charge in [-0.2, -0.15) is 9.97 Å². The molecule has 1 aromatic carbocycles. The normalized spacial score (nSPS) is 20.9. The van der Waals surface area contributed by atoms with Crippen molar-refractivity contribution in [3.05, 3.63) is 43.2 Å². The number of carbonyl (C=O) groups excluding carboxylic acids is 1. The van der Waals surface area contributed by atoms with Crippen LogP contribution in [0.1, 0.15) is 0 Å². The number of aryl methyl sites for hydroxylation is 1. The van der Waals surface area contributed by atoms with Crippen LogP contribution in [0, 0.1) is 0 Å². The van der Waals surface area contributed by atoms with E-state index in [9.17, 15) is 9.18 Å². The van der Waals surface area contributed by atoms with Crippen LogP contribution in [-0.2, 0) is 11.8 Å². The molecule has 1 amide bonds. The first-order chi connectivity index (χ1) is 16.9. The summed E-state index contributed by atoms with van der Waals surface area (Å²) in [5.74, 6) is 0.512. The highest BCUT2D eigenvalue weighted by atomic mass is 19.1. The summed E-state index contributed by atoms with van der Waals surface area (Å²) in [6, 6.07) is 7.62. The topological polar surface area (TPSA) is 94.5 Å². The quantitative estimate of drug-likeness (QED) is 0.519. The molecule has 2 saturated heterocycles. The molecule has 2 aliphatic heterocycles. The second-order valence-electron chi connectivity index (χ2n) is 9.10. The Bertz CT molecular complexity index is 1220. The summed E-state index contributed by atoms with van der Waals surface area (Å²) in [7, 11) is 3.99. The fraction of sp³-hybridized carbons (Fsp3) is 0.417. The Morgan fingerprint density at radius 1 is 1.11 bits per heavy atom. The lowest BCUT2D eigenvalue weighted by atomic mass is 10.2. The van der Waals surface area contributed by atoms with Gasteiger partial charge >= 0.3 is 0 Å². The van der Waals surface area contributed by atoms with Gasteiger partial charge in [0.1, 0.15) is 6.17 Å². The maximum absolute atomic E-state index is 14.6. The minimum Gasteiger partial charge on any atom is -0.369 e. The molecule has 0 spiro atoms. The van der Waals surface area contributed by atoms with Crippen molar-refractivity contribution in [3.8, 4) is 0 Å². The van der Waals surface area contributed by atoms with Crippen LogP contribution in [0.5, 0.6) is 0 Å². The highest BCUT2D eigenvalue weighted by Crippen LogP contribution is 2.27. The summed E-state index contributed by atoms with van der Waals surface area (Å²) >= 11 is 0. The van der Waals surface area contributed by atoms with Crippen molar-refractivity contribution in [2.75, 3.05) is 61.8 Å². The molecule has 0 saturated carbocycles. The van der Waals surface area contributed by atoms with E-state index in [1.807, 2.05) is 19.2 Å². The molecule has 5 rings (SSSR count). The van der Waals surface area contributed by atoms with E-state index in [-0.39, 0.29) is 24.9 Å². The third kappa shape index (κ3) is 4.76. The number of nitrogens with one attached hydrogen (secondary N) is 2. The van der Waals surface area contributed by atoms with Crippen molar-refractivity contribution in [3.63, 3.8) is 0 Å². The third-order valence-corrected chi connectivity index (χ3v) is 6.61. The highest BCUT2D eigenvalue weighted by molar-refractivity contribution is 5.88. The van der Waals surface area contributed by atoms with Gasteiger partial charge in [0.2, 0.25) is 11.9 Å². The molecule has 2 unspecified atom stereocenters.